The summed E-state index contributed by atoms with van der Waals surface area (Å²) in [4.78, 5) is 0. The topological polar surface area (TPSA) is 48.2 Å². The van der Waals surface area contributed by atoms with Crippen LogP contribution in [0.3, 0.4) is 0 Å². The van der Waals surface area contributed by atoms with Crippen LogP contribution in [0.15, 0.2) is 22.6 Å². The Labute approximate surface area is 106 Å². The zero-order chi connectivity index (χ0) is 12.5. The molecule has 0 aliphatic heterocycles. The Morgan fingerprint density at radius 3 is 2.61 bits per heavy atom. The fourth-order valence-corrected chi connectivity index (χ4v) is 1.98. The van der Waals surface area contributed by atoms with Gasteiger partial charge in [-0.25, -0.2) is 0 Å². The molecule has 1 saturated carbocycles. The molecule has 0 spiro atoms. The van der Waals surface area contributed by atoms with Gasteiger partial charge in [-0.3, -0.25) is 0 Å². The molecular weight excluding hydrogens is 228 g/mol. The SMILES string of the molecule is Cc1cccc(C)c1OCc1nnc(C2CC2)o1. The lowest BCUT2D eigenvalue weighted by Gasteiger charge is -2.09. The van der Waals surface area contributed by atoms with Crippen LogP contribution in [0.1, 0.15) is 41.7 Å². The van der Waals surface area contributed by atoms with E-state index in [0.717, 1.165) is 22.8 Å². The molecule has 0 amide bonds. The average molecular weight is 244 g/mol. The molecule has 1 aliphatic rings. The highest BCUT2D eigenvalue weighted by molar-refractivity contribution is 5.39. The maximum atomic E-state index is 5.77. The Bertz CT molecular complexity index is 538. The van der Waals surface area contributed by atoms with Gasteiger partial charge in [-0.2, -0.15) is 0 Å². The third kappa shape index (κ3) is 2.23. The molecule has 4 heteroatoms. The fourth-order valence-electron chi connectivity index (χ4n) is 1.98. The molecule has 1 aliphatic carbocycles. The molecule has 0 unspecified atom stereocenters. The minimum atomic E-state index is 0.339. The molecule has 1 fully saturated rings. The Kier molecular flexibility index (Phi) is 2.78. The minimum Gasteiger partial charge on any atom is -0.483 e. The summed E-state index contributed by atoms with van der Waals surface area (Å²) in [7, 11) is 0. The normalized spacial score (nSPS) is 14.8. The molecule has 0 N–H and O–H groups in total. The van der Waals surface area contributed by atoms with Gasteiger partial charge in [0.25, 0.3) is 5.89 Å². The Morgan fingerprint density at radius 2 is 1.94 bits per heavy atom. The molecule has 1 aromatic carbocycles. The lowest BCUT2D eigenvalue weighted by atomic mass is 10.1. The number of hydrogen-bond donors (Lipinski definition) is 0. The summed E-state index contributed by atoms with van der Waals surface area (Å²) in [6, 6.07) is 6.09. The van der Waals surface area contributed by atoms with Crippen molar-refractivity contribution >= 4 is 0 Å². The van der Waals surface area contributed by atoms with E-state index in [1.54, 1.807) is 0 Å². The number of rotatable bonds is 4. The summed E-state index contributed by atoms with van der Waals surface area (Å²) >= 11 is 0. The van der Waals surface area contributed by atoms with Crippen LogP contribution in [0.2, 0.25) is 0 Å². The molecule has 18 heavy (non-hydrogen) atoms. The Morgan fingerprint density at radius 1 is 1.22 bits per heavy atom. The Hall–Kier alpha value is -1.84. The first kappa shape index (κ1) is 11.3. The average Bonchev–Trinajstić information content (AvgIpc) is 3.09. The summed E-state index contributed by atoms with van der Waals surface area (Å²) < 4.78 is 11.3. The molecule has 1 heterocycles. The minimum absolute atomic E-state index is 0.339. The largest absolute Gasteiger partial charge is 0.483 e. The van der Waals surface area contributed by atoms with E-state index in [9.17, 15) is 0 Å². The van der Waals surface area contributed by atoms with E-state index in [-0.39, 0.29) is 0 Å². The van der Waals surface area contributed by atoms with Gasteiger partial charge in [-0.1, -0.05) is 18.2 Å². The molecular formula is C14H16N2O2. The fraction of sp³-hybridized carbons (Fsp3) is 0.429. The lowest BCUT2D eigenvalue weighted by Crippen LogP contribution is -1.99. The smallest absolute Gasteiger partial charge is 0.253 e. The first-order chi connectivity index (χ1) is 8.74. The van der Waals surface area contributed by atoms with Crippen molar-refractivity contribution in [3.8, 4) is 5.75 Å². The summed E-state index contributed by atoms with van der Waals surface area (Å²) in [5.74, 6) is 2.71. The van der Waals surface area contributed by atoms with Gasteiger partial charge in [0.05, 0.1) is 0 Å². The van der Waals surface area contributed by atoms with Crippen molar-refractivity contribution in [1.82, 2.24) is 10.2 Å². The van der Waals surface area contributed by atoms with Crippen molar-refractivity contribution in [2.24, 2.45) is 0 Å². The maximum absolute atomic E-state index is 5.77. The van der Waals surface area contributed by atoms with Crippen LogP contribution in [0, 0.1) is 13.8 Å². The van der Waals surface area contributed by atoms with Crippen molar-refractivity contribution in [1.29, 1.82) is 0 Å². The van der Waals surface area contributed by atoms with Crippen LogP contribution in [0.4, 0.5) is 0 Å². The van der Waals surface area contributed by atoms with Crippen LogP contribution in [-0.4, -0.2) is 10.2 Å². The summed E-state index contributed by atoms with van der Waals surface area (Å²) in [6.07, 6.45) is 2.33. The second-order valence-corrected chi connectivity index (χ2v) is 4.82. The number of hydrogen-bond acceptors (Lipinski definition) is 4. The molecule has 4 nitrogen and oxygen atoms in total. The predicted octanol–water partition coefficient (Wildman–Crippen LogP) is 3.14. The number of aryl methyl sites for hydroxylation is 2. The second kappa shape index (κ2) is 4.44. The summed E-state index contributed by atoms with van der Waals surface area (Å²) in [6.45, 7) is 4.41. The van der Waals surface area contributed by atoms with E-state index in [0.29, 0.717) is 18.4 Å². The maximum Gasteiger partial charge on any atom is 0.253 e. The van der Waals surface area contributed by atoms with Crippen molar-refractivity contribution in [3.63, 3.8) is 0 Å². The van der Waals surface area contributed by atoms with Crippen LogP contribution >= 0.6 is 0 Å². The Balaban J connectivity index is 1.69. The van der Waals surface area contributed by atoms with Crippen LogP contribution in [0.25, 0.3) is 0 Å². The predicted molar refractivity (Wildman–Crippen MR) is 66.5 cm³/mol. The van der Waals surface area contributed by atoms with E-state index < -0.39 is 0 Å². The number of benzene rings is 1. The van der Waals surface area contributed by atoms with Crippen LogP contribution in [0.5, 0.6) is 5.75 Å². The standard InChI is InChI=1S/C14H16N2O2/c1-9-4-3-5-10(2)13(9)17-8-12-15-16-14(18-12)11-6-7-11/h3-5,11H,6-8H2,1-2H3. The lowest BCUT2D eigenvalue weighted by molar-refractivity contribution is 0.256. The molecule has 0 atom stereocenters. The number of aromatic nitrogens is 2. The number of para-hydroxylation sites is 1. The molecule has 94 valence electrons. The number of ether oxygens (including phenoxy) is 1. The molecule has 1 aromatic heterocycles. The van der Waals surface area contributed by atoms with Gasteiger partial charge in [-0.15, -0.1) is 10.2 Å². The zero-order valence-electron chi connectivity index (χ0n) is 10.6. The molecule has 0 saturated heterocycles. The third-order valence-electron chi connectivity index (χ3n) is 3.16. The van der Waals surface area contributed by atoms with E-state index in [1.807, 2.05) is 32.0 Å². The van der Waals surface area contributed by atoms with Crippen LogP contribution in [-0.2, 0) is 6.61 Å². The highest BCUT2D eigenvalue weighted by Gasteiger charge is 2.29. The molecule has 3 rings (SSSR count). The van der Waals surface area contributed by atoms with Gasteiger partial charge in [0.15, 0.2) is 6.61 Å². The van der Waals surface area contributed by atoms with E-state index in [4.69, 9.17) is 9.15 Å². The molecule has 2 aromatic rings. The highest BCUT2D eigenvalue weighted by Crippen LogP contribution is 2.39. The first-order valence-electron chi connectivity index (χ1n) is 6.25. The van der Waals surface area contributed by atoms with Gasteiger partial charge in [0, 0.05) is 5.92 Å². The van der Waals surface area contributed by atoms with Gasteiger partial charge < -0.3 is 9.15 Å². The van der Waals surface area contributed by atoms with E-state index in [2.05, 4.69) is 10.2 Å². The second-order valence-electron chi connectivity index (χ2n) is 4.82. The first-order valence-corrected chi connectivity index (χ1v) is 6.25. The van der Waals surface area contributed by atoms with Crippen molar-refractivity contribution in [2.45, 2.75) is 39.2 Å². The summed E-state index contributed by atoms with van der Waals surface area (Å²) in [5, 5.41) is 8.05. The van der Waals surface area contributed by atoms with Crippen LogP contribution < -0.4 is 4.74 Å². The third-order valence-corrected chi connectivity index (χ3v) is 3.16. The van der Waals surface area contributed by atoms with Gasteiger partial charge in [-0.05, 0) is 37.8 Å². The number of nitrogens with zero attached hydrogens (tertiary/aromatic N) is 2. The quantitative estimate of drug-likeness (QED) is 0.829. The summed E-state index contributed by atoms with van der Waals surface area (Å²) in [5.41, 5.74) is 2.24. The molecule has 0 radical (unpaired) electrons. The van der Waals surface area contributed by atoms with Gasteiger partial charge in [0.2, 0.25) is 5.89 Å². The molecule has 0 bridgehead atoms. The van der Waals surface area contributed by atoms with E-state index in [1.165, 1.54) is 12.8 Å². The highest BCUT2D eigenvalue weighted by atomic mass is 16.5. The zero-order valence-corrected chi connectivity index (χ0v) is 10.6. The van der Waals surface area contributed by atoms with E-state index >= 15 is 0 Å². The monoisotopic (exact) mass is 244 g/mol. The van der Waals surface area contributed by atoms with Gasteiger partial charge >= 0.3 is 0 Å². The van der Waals surface area contributed by atoms with Crippen molar-refractivity contribution in [3.05, 3.63) is 41.1 Å². The van der Waals surface area contributed by atoms with Gasteiger partial charge in [0.1, 0.15) is 5.75 Å². The van der Waals surface area contributed by atoms with Crippen molar-refractivity contribution in [2.75, 3.05) is 0 Å². The van der Waals surface area contributed by atoms with Crippen molar-refractivity contribution < 1.29 is 9.15 Å².